The molecule has 2 rings (SSSR count). The Bertz CT molecular complexity index is 727. The van der Waals surface area contributed by atoms with Gasteiger partial charge in [0, 0.05) is 6.54 Å². The second kappa shape index (κ2) is 7.56. The Labute approximate surface area is 135 Å². The van der Waals surface area contributed by atoms with Crippen molar-refractivity contribution in [2.45, 2.75) is 26.6 Å². The molecular weight excluding hydrogens is 352 g/mol. The predicted octanol–water partition coefficient (Wildman–Crippen LogP) is 3.04. The molecule has 0 bridgehead atoms. The van der Waals surface area contributed by atoms with Crippen molar-refractivity contribution in [1.82, 2.24) is 19.5 Å². The van der Waals surface area contributed by atoms with Crippen LogP contribution in [-0.2, 0) is 30.9 Å². The van der Waals surface area contributed by atoms with Crippen LogP contribution in [0.25, 0.3) is 11.2 Å². The average Bonchev–Trinajstić information content (AvgIpc) is 2.90. The first kappa shape index (κ1) is 18.8. The van der Waals surface area contributed by atoms with Gasteiger partial charge in [-0.05, 0) is 13.8 Å². The van der Waals surface area contributed by atoms with E-state index in [-0.39, 0.29) is 37.5 Å². The molecule has 0 fully saturated rings. The van der Waals surface area contributed by atoms with Crippen molar-refractivity contribution in [3.05, 3.63) is 18.3 Å². The minimum atomic E-state index is -4.63. The van der Waals surface area contributed by atoms with Gasteiger partial charge in [0.2, 0.25) is 0 Å². The molecule has 2 heterocycles. The van der Waals surface area contributed by atoms with Gasteiger partial charge < -0.3 is 4.57 Å². The zero-order valence-corrected chi connectivity index (χ0v) is 13.9. The van der Waals surface area contributed by atoms with Crippen LogP contribution in [0.15, 0.2) is 12.7 Å². The van der Waals surface area contributed by atoms with E-state index in [0.717, 1.165) is 6.33 Å². The topological polar surface area (TPSA) is 88.4 Å². The number of hydrogen-bond acceptors (Lipinski definition) is 7. The summed E-state index contributed by atoms with van der Waals surface area (Å²) in [5.74, 6) is 0. The molecule has 0 aliphatic heterocycles. The fourth-order valence-corrected chi connectivity index (χ4v) is 3.09. The van der Waals surface area contributed by atoms with Crippen LogP contribution in [-0.4, -0.2) is 39.3 Å². The van der Waals surface area contributed by atoms with Gasteiger partial charge in [0.25, 0.3) is 0 Å². The number of halogens is 3. The van der Waals surface area contributed by atoms with Gasteiger partial charge in [0.15, 0.2) is 11.3 Å². The number of nitrogens with zero attached hydrogens (tertiary/aromatic N) is 4. The first-order valence-corrected chi connectivity index (χ1v) is 8.53. The van der Waals surface area contributed by atoms with Crippen LogP contribution < -0.4 is 0 Å². The van der Waals surface area contributed by atoms with E-state index < -0.39 is 19.7 Å². The first-order chi connectivity index (χ1) is 11.3. The summed E-state index contributed by atoms with van der Waals surface area (Å²) in [7, 11) is -3.68. The number of aromatic nitrogens is 4. The molecule has 2 aromatic rings. The van der Waals surface area contributed by atoms with Crippen LogP contribution in [0.4, 0.5) is 13.2 Å². The number of phosphoric acid groups is 1. The van der Waals surface area contributed by atoms with Gasteiger partial charge >= 0.3 is 14.0 Å². The summed E-state index contributed by atoms with van der Waals surface area (Å²) in [5, 5.41) is 0. The van der Waals surface area contributed by atoms with E-state index in [2.05, 4.69) is 15.0 Å². The lowest BCUT2D eigenvalue weighted by atomic mass is 10.3. The van der Waals surface area contributed by atoms with E-state index in [4.69, 9.17) is 13.6 Å². The van der Waals surface area contributed by atoms with Crippen molar-refractivity contribution < 1.29 is 31.3 Å². The van der Waals surface area contributed by atoms with Crippen molar-refractivity contribution in [2.24, 2.45) is 0 Å². The second-order valence-electron chi connectivity index (χ2n) is 4.45. The SMILES string of the molecule is CCOP(=O)(OCC)OCCn1cnc2c(C(F)(F)F)ncnc21. The molecule has 0 unspecified atom stereocenters. The summed E-state index contributed by atoms with van der Waals surface area (Å²) in [6, 6.07) is 0. The number of alkyl halides is 3. The molecule has 0 spiro atoms. The van der Waals surface area contributed by atoms with E-state index in [1.165, 1.54) is 10.9 Å². The third-order valence-electron chi connectivity index (χ3n) is 2.83. The highest BCUT2D eigenvalue weighted by molar-refractivity contribution is 7.48. The highest BCUT2D eigenvalue weighted by Gasteiger charge is 2.36. The van der Waals surface area contributed by atoms with Gasteiger partial charge in [-0.1, -0.05) is 0 Å². The monoisotopic (exact) mass is 368 g/mol. The molecule has 134 valence electrons. The zero-order valence-electron chi connectivity index (χ0n) is 13.0. The normalized spacial score (nSPS) is 12.9. The van der Waals surface area contributed by atoms with Gasteiger partial charge in [0.1, 0.15) is 11.8 Å². The summed E-state index contributed by atoms with van der Waals surface area (Å²) in [6.07, 6.45) is -2.63. The molecule has 0 aromatic carbocycles. The van der Waals surface area contributed by atoms with Crippen LogP contribution in [0, 0.1) is 0 Å². The highest BCUT2D eigenvalue weighted by atomic mass is 31.2. The third-order valence-corrected chi connectivity index (χ3v) is 4.47. The van der Waals surface area contributed by atoms with Crippen molar-refractivity contribution in [1.29, 1.82) is 0 Å². The third kappa shape index (κ3) is 4.29. The van der Waals surface area contributed by atoms with Crippen LogP contribution >= 0.6 is 7.82 Å². The first-order valence-electron chi connectivity index (χ1n) is 7.07. The average molecular weight is 368 g/mol. The van der Waals surface area contributed by atoms with Crippen LogP contribution in [0.1, 0.15) is 19.5 Å². The van der Waals surface area contributed by atoms with E-state index in [9.17, 15) is 17.7 Å². The molecular formula is C12H16F3N4O4P. The van der Waals surface area contributed by atoms with Gasteiger partial charge in [-0.25, -0.2) is 19.5 Å². The molecule has 0 saturated carbocycles. The molecule has 0 atom stereocenters. The van der Waals surface area contributed by atoms with Gasteiger partial charge in [-0.3, -0.25) is 13.6 Å². The maximum atomic E-state index is 12.9. The number of fused-ring (bicyclic) bond motifs is 1. The van der Waals surface area contributed by atoms with E-state index >= 15 is 0 Å². The summed E-state index contributed by atoms with van der Waals surface area (Å²) in [5.41, 5.74) is -1.46. The Morgan fingerprint density at radius 1 is 1.12 bits per heavy atom. The molecule has 8 nitrogen and oxygen atoms in total. The largest absolute Gasteiger partial charge is 0.474 e. The van der Waals surface area contributed by atoms with Gasteiger partial charge in [-0.2, -0.15) is 13.2 Å². The number of rotatable bonds is 8. The number of imidazole rings is 1. The van der Waals surface area contributed by atoms with Crippen LogP contribution in [0.5, 0.6) is 0 Å². The van der Waals surface area contributed by atoms with Gasteiger partial charge in [0.05, 0.1) is 26.1 Å². The molecule has 0 N–H and O–H groups in total. The van der Waals surface area contributed by atoms with Crippen LogP contribution in [0.2, 0.25) is 0 Å². The van der Waals surface area contributed by atoms with E-state index in [0.29, 0.717) is 0 Å². The summed E-state index contributed by atoms with van der Waals surface area (Å²) in [4.78, 5) is 10.7. The molecule has 0 radical (unpaired) electrons. The predicted molar refractivity (Wildman–Crippen MR) is 77.1 cm³/mol. The summed E-state index contributed by atoms with van der Waals surface area (Å²) in [6.45, 7) is 3.48. The molecule has 24 heavy (non-hydrogen) atoms. The lowest BCUT2D eigenvalue weighted by molar-refractivity contribution is -0.140. The molecule has 2 aromatic heterocycles. The number of phosphoric ester groups is 1. The number of hydrogen-bond donors (Lipinski definition) is 0. The van der Waals surface area contributed by atoms with Crippen molar-refractivity contribution >= 4 is 19.0 Å². The van der Waals surface area contributed by atoms with Crippen molar-refractivity contribution in [2.75, 3.05) is 19.8 Å². The Kier molecular flexibility index (Phi) is 5.92. The fourth-order valence-electron chi connectivity index (χ4n) is 1.93. The zero-order chi connectivity index (χ0) is 17.8. The molecule has 0 amide bonds. The molecule has 0 aliphatic carbocycles. The minimum Gasteiger partial charge on any atom is -0.313 e. The maximum Gasteiger partial charge on any atom is 0.474 e. The quantitative estimate of drug-likeness (QED) is 0.662. The Hall–Kier alpha value is -1.55. The smallest absolute Gasteiger partial charge is 0.313 e. The highest BCUT2D eigenvalue weighted by Crippen LogP contribution is 2.49. The van der Waals surface area contributed by atoms with Crippen molar-refractivity contribution in [3.8, 4) is 0 Å². The van der Waals surface area contributed by atoms with Crippen molar-refractivity contribution in [3.63, 3.8) is 0 Å². The molecule has 0 aliphatic rings. The molecule has 0 saturated heterocycles. The fraction of sp³-hybridized carbons (Fsp3) is 0.583. The second-order valence-corrected chi connectivity index (χ2v) is 6.12. The summed E-state index contributed by atoms with van der Waals surface area (Å²) < 4.78 is 67.1. The lowest BCUT2D eigenvalue weighted by Crippen LogP contribution is -2.10. The minimum absolute atomic E-state index is 0.00331. The standard InChI is InChI=1S/C12H16F3N4O4P/c1-3-21-24(20,22-4-2)23-6-5-19-8-18-9-10(12(13,14)15)16-7-17-11(9)19/h7-8H,3-6H2,1-2H3. The van der Waals surface area contributed by atoms with E-state index in [1.54, 1.807) is 13.8 Å². The Morgan fingerprint density at radius 2 is 1.79 bits per heavy atom. The maximum absolute atomic E-state index is 12.9. The van der Waals surface area contributed by atoms with E-state index in [1.807, 2.05) is 0 Å². The summed E-state index contributed by atoms with van der Waals surface area (Å²) >= 11 is 0. The molecule has 12 heteroatoms. The lowest BCUT2D eigenvalue weighted by Gasteiger charge is -2.16. The Balaban J connectivity index is 2.13. The van der Waals surface area contributed by atoms with Crippen LogP contribution in [0.3, 0.4) is 0 Å². The Morgan fingerprint density at radius 3 is 2.38 bits per heavy atom. The van der Waals surface area contributed by atoms with Gasteiger partial charge in [-0.15, -0.1) is 0 Å².